The molecule has 0 aromatic heterocycles. The van der Waals surface area contributed by atoms with Crippen molar-refractivity contribution in [2.75, 3.05) is 0 Å². The van der Waals surface area contributed by atoms with Gasteiger partial charge in [0.1, 0.15) is 5.60 Å². The van der Waals surface area contributed by atoms with Gasteiger partial charge in [-0.2, -0.15) is 13.2 Å². The van der Waals surface area contributed by atoms with Gasteiger partial charge in [0.25, 0.3) is 0 Å². The van der Waals surface area contributed by atoms with E-state index in [0.717, 1.165) is 4.47 Å². The highest BCUT2D eigenvalue weighted by molar-refractivity contribution is 9.10. The molecule has 0 aliphatic heterocycles. The zero-order valence-electron chi connectivity index (χ0n) is 14.2. The van der Waals surface area contributed by atoms with Gasteiger partial charge in [0.15, 0.2) is 5.78 Å². The molecule has 0 fully saturated rings. The number of ether oxygens (including phenoxy) is 1. The minimum atomic E-state index is -4.43. The van der Waals surface area contributed by atoms with E-state index in [4.69, 9.17) is 4.74 Å². The fraction of sp³-hybridized carbons (Fsp3) is 0.529. The summed E-state index contributed by atoms with van der Waals surface area (Å²) in [6.45, 7) is 4.96. The molecule has 1 amide bonds. The summed E-state index contributed by atoms with van der Waals surface area (Å²) in [6, 6.07) is 5.90. The zero-order chi connectivity index (χ0) is 19.3. The number of amides is 1. The molecule has 0 aliphatic carbocycles. The van der Waals surface area contributed by atoms with Crippen LogP contribution in [-0.2, 0) is 16.0 Å². The number of halogens is 4. The predicted octanol–water partition coefficient (Wildman–Crippen LogP) is 4.80. The number of nitrogens with one attached hydrogen (secondary N) is 1. The van der Waals surface area contributed by atoms with E-state index in [1.54, 1.807) is 45.0 Å². The van der Waals surface area contributed by atoms with Gasteiger partial charge in [-0.15, -0.1) is 0 Å². The molecule has 4 nitrogen and oxygen atoms in total. The molecule has 0 bridgehead atoms. The number of hydrogen-bond acceptors (Lipinski definition) is 3. The third kappa shape index (κ3) is 9.48. The van der Waals surface area contributed by atoms with Gasteiger partial charge in [0, 0.05) is 10.9 Å². The summed E-state index contributed by atoms with van der Waals surface area (Å²) in [5, 5.41) is 2.38. The topological polar surface area (TPSA) is 55.4 Å². The Balaban J connectivity index is 2.85. The maximum Gasteiger partial charge on any atom is 0.408 e. The predicted molar refractivity (Wildman–Crippen MR) is 91.3 cm³/mol. The summed E-state index contributed by atoms with van der Waals surface area (Å²) in [5.41, 5.74) is -0.0739. The Morgan fingerprint density at radius 3 is 2.40 bits per heavy atom. The summed E-state index contributed by atoms with van der Waals surface area (Å²) in [6.07, 6.45) is -7.11. The van der Waals surface area contributed by atoms with Gasteiger partial charge >= 0.3 is 12.3 Å². The van der Waals surface area contributed by atoms with E-state index in [1.807, 2.05) is 0 Å². The maximum absolute atomic E-state index is 12.4. The monoisotopic (exact) mass is 423 g/mol. The molecule has 1 N–H and O–H groups in total. The van der Waals surface area contributed by atoms with Crippen molar-refractivity contribution in [3.05, 3.63) is 34.3 Å². The summed E-state index contributed by atoms with van der Waals surface area (Å²) >= 11 is 3.29. The van der Waals surface area contributed by atoms with Gasteiger partial charge in [-0.1, -0.05) is 28.1 Å². The molecular formula is C17H21BrF3NO3. The number of rotatable bonds is 6. The number of hydrogen-bond donors (Lipinski definition) is 1. The maximum atomic E-state index is 12.4. The lowest BCUT2D eigenvalue weighted by Crippen LogP contribution is -2.45. The van der Waals surface area contributed by atoms with Crippen LogP contribution in [0.4, 0.5) is 18.0 Å². The molecule has 1 rings (SSSR count). The van der Waals surface area contributed by atoms with Crippen LogP contribution in [0.2, 0.25) is 0 Å². The fourth-order valence-electron chi connectivity index (χ4n) is 2.03. The summed E-state index contributed by atoms with van der Waals surface area (Å²) in [4.78, 5) is 24.1. The molecule has 0 heterocycles. The van der Waals surface area contributed by atoms with Gasteiger partial charge < -0.3 is 10.1 Å². The van der Waals surface area contributed by atoms with Crippen molar-refractivity contribution in [2.24, 2.45) is 0 Å². The van der Waals surface area contributed by atoms with Crippen molar-refractivity contribution in [3.63, 3.8) is 0 Å². The Labute approximate surface area is 153 Å². The Bertz CT molecular complexity index is 612. The normalized spacial score (nSPS) is 13.2. The molecule has 0 saturated heterocycles. The first-order chi connectivity index (χ1) is 11.4. The number of alkyl halides is 3. The largest absolute Gasteiger partial charge is 0.444 e. The SMILES string of the molecule is CC(C)(C)OC(=O)N[C@@H](Cc1cccc(Br)c1)C(=O)CCC(F)(F)F. The third-order valence-corrected chi connectivity index (χ3v) is 3.56. The third-order valence-electron chi connectivity index (χ3n) is 3.06. The summed E-state index contributed by atoms with van der Waals surface area (Å²) in [7, 11) is 0. The highest BCUT2D eigenvalue weighted by Crippen LogP contribution is 2.22. The van der Waals surface area contributed by atoms with Crippen molar-refractivity contribution >= 4 is 27.8 Å². The first-order valence-corrected chi connectivity index (χ1v) is 8.48. The molecule has 0 radical (unpaired) electrons. The molecule has 0 saturated carbocycles. The number of alkyl carbamates (subject to hydrolysis) is 1. The second-order valence-corrected chi connectivity index (χ2v) is 7.53. The van der Waals surface area contributed by atoms with Crippen LogP contribution in [0.1, 0.15) is 39.2 Å². The number of Topliss-reactive ketones (excluding diaryl/α,β-unsaturated/α-hetero) is 1. The van der Waals surface area contributed by atoms with Crippen molar-refractivity contribution in [1.82, 2.24) is 5.32 Å². The minimum Gasteiger partial charge on any atom is -0.444 e. The molecular weight excluding hydrogens is 403 g/mol. The van der Waals surface area contributed by atoms with E-state index in [9.17, 15) is 22.8 Å². The van der Waals surface area contributed by atoms with Crippen molar-refractivity contribution in [3.8, 4) is 0 Å². The van der Waals surface area contributed by atoms with Crippen LogP contribution >= 0.6 is 15.9 Å². The molecule has 0 aliphatic rings. The number of ketones is 1. The van der Waals surface area contributed by atoms with Crippen LogP contribution in [0.3, 0.4) is 0 Å². The highest BCUT2D eigenvalue weighted by Gasteiger charge is 2.31. The first kappa shape index (κ1) is 21.5. The van der Waals surface area contributed by atoms with Crippen LogP contribution in [0, 0.1) is 0 Å². The minimum absolute atomic E-state index is 0.0787. The van der Waals surface area contributed by atoms with Gasteiger partial charge in [0.05, 0.1) is 12.5 Å². The van der Waals surface area contributed by atoms with Gasteiger partial charge in [-0.05, 0) is 44.9 Å². The van der Waals surface area contributed by atoms with E-state index in [0.29, 0.717) is 5.56 Å². The average molecular weight is 424 g/mol. The van der Waals surface area contributed by atoms with Crippen LogP contribution < -0.4 is 5.32 Å². The van der Waals surface area contributed by atoms with Crippen molar-refractivity contribution in [1.29, 1.82) is 0 Å². The fourth-order valence-corrected chi connectivity index (χ4v) is 2.48. The van der Waals surface area contributed by atoms with Crippen LogP contribution in [-0.4, -0.2) is 29.7 Å². The van der Waals surface area contributed by atoms with Gasteiger partial charge in [0.2, 0.25) is 0 Å². The molecule has 1 aromatic rings. The highest BCUT2D eigenvalue weighted by atomic mass is 79.9. The van der Waals surface area contributed by atoms with E-state index in [1.165, 1.54) is 0 Å². The summed E-state index contributed by atoms with van der Waals surface area (Å²) < 4.78 is 43.0. The first-order valence-electron chi connectivity index (χ1n) is 7.69. The second kappa shape index (κ2) is 8.69. The Hall–Kier alpha value is -1.57. The standard InChI is InChI=1S/C17H21BrF3NO3/c1-16(2,3)25-15(24)22-13(14(23)7-8-17(19,20)21)10-11-5-4-6-12(18)9-11/h4-6,9,13H,7-8,10H2,1-3H3,(H,22,24)/t13-/m0/s1. The smallest absolute Gasteiger partial charge is 0.408 e. The Morgan fingerprint density at radius 2 is 1.88 bits per heavy atom. The lowest BCUT2D eigenvalue weighted by molar-refractivity contribution is -0.144. The number of carbonyl (C=O) groups is 2. The lowest BCUT2D eigenvalue weighted by Gasteiger charge is -2.23. The molecule has 8 heteroatoms. The van der Waals surface area contributed by atoms with Crippen LogP contribution in [0.15, 0.2) is 28.7 Å². The number of benzene rings is 1. The van der Waals surface area contributed by atoms with Crippen molar-refractivity contribution < 1.29 is 27.5 Å². The molecule has 25 heavy (non-hydrogen) atoms. The van der Waals surface area contributed by atoms with Crippen LogP contribution in [0.25, 0.3) is 0 Å². The quantitative estimate of drug-likeness (QED) is 0.714. The zero-order valence-corrected chi connectivity index (χ0v) is 15.8. The molecule has 0 unspecified atom stereocenters. The second-order valence-electron chi connectivity index (χ2n) is 6.61. The van der Waals surface area contributed by atoms with E-state index in [-0.39, 0.29) is 6.42 Å². The summed E-state index contributed by atoms with van der Waals surface area (Å²) in [5.74, 6) is -0.692. The lowest BCUT2D eigenvalue weighted by atomic mass is 9.99. The van der Waals surface area contributed by atoms with Gasteiger partial charge in [-0.3, -0.25) is 4.79 Å². The molecule has 140 valence electrons. The molecule has 1 atom stereocenters. The number of carbonyl (C=O) groups excluding carboxylic acids is 2. The van der Waals surface area contributed by atoms with E-state index < -0.39 is 42.5 Å². The average Bonchev–Trinajstić information content (AvgIpc) is 2.41. The Kier molecular flexibility index (Phi) is 7.46. The van der Waals surface area contributed by atoms with Crippen LogP contribution in [0.5, 0.6) is 0 Å². The van der Waals surface area contributed by atoms with Crippen molar-refractivity contribution in [2.45, 2.75) is 57.9 Å². The van der Waals surface area contributed by atoms with E-state index >= 15 is 0 Å². The van der Waals surface area contributed by atoms with Gasteiger partial charge in [-0.25, -0.2) is 4.79 Å². The van der Waals surface area contributed by atoms with E-state index in [2.05, 4.69) is 21.2 Å². The molecule has 0 spiro atoms. The Morgan fingerprint density at radius 1 is 1.24 bits per heavy atom. The molecule has 1 aromatic carbocycles.